The molecule has 7 nitrogen and oxygen atoms in total. The van der Waals surface area contributed by atoms with Gasteiger partial charge in [0.05, 0.1) is 22.9 Å². The molecule has 2 amide bonds. The summed E-state index contributed by atoms with van der Waals surface area (Å²) in [6.07, 6.45) is 4.04. The summed E-state index contributed by atoms with van der Waals surface area (Å²) in [4.78, 5) is 72.6. The van der Waals surface area contributed by atoms with Crippen LogP contribution in [0.15, 0.2) is 139 Å². The van der Waals surface area contributed by atoms with Gasteiger partial charge < -0.3 is 5.11 Å². The van der Waals surface area contributed by atoms with E-state index < -0.39 is 35.0 Å². The van der Waals surface area contributed by atoms with E-state index in [0.29, 0.717) is 39.8 Å². The first kappa shape index (κ1) is 32.7. The van der Waals surface area contributed by atoms with Gasteiger partial charge in [-0.3, -0.25) is 28.9 Å². The van der Waals surface area contributed by atoms with E-state index in [2.05, 4.69) is 0 Å². The number of phenolic OH excluding ortho intramolecular Hbond substituents is 1. The molecule has 6 atom stereocenters. The van der Waals surface area contributed by atoms with E-state index in [1.807, 2.05) is 97.1 Å². The van der Waals surface area contributed by atoms with Crippen LogP contribution in [0.5, 0.6) is 5.75 Å². The Labute approximate surface area is 306 Å². The van der Waals surface area contributed by atoms with Crippen LogP contribution in [0.1, 0.15) is 52.7 Å². The highest BCUT2D eigenvalue weighted by Crippen LogP contribution is 2.64. The first-order chi connectivity index (χ1) is 25.7. The summed E-state index contributed by atoms with van der Waals surface area (Å²) < 4.78 is 0. The monoisotopic (exact) mass is 697 g/mol. The standard InChI is InChI=1S/C46H35NO6/c1-26(48)27-16-18-30(19-17-27)47-44(52)35-21-20-34-37(41(35)45(47)53)24-38-43(51)36(28-10-4-2-5-11-28)25-40(50)46(38,29-12-6-3-7-13-29)42(34)33-22-23-39(49)32-15-9-8-14-31(32)33/h2-20,22-23,25,35,37-38,41-42,49H,21,24H2,1H3/t35-,37+,38-,41-,42-,46-/m0/s1. The number of imide groups is 1. The maximum absolute atomic E-state index is 15.3. The number of ketones is 3. The molecule has 5 aromatic carbocycles. The number of phenols is 1. The summed E-state index contributed by atoms with van der Waals surface area (Å²) in [5.41, 5.74) is 2.81. The van der Waals surface area contributed by atoms with E-state index in [1.54, 1.807) is 30.3 Å². The van der Waals surface area contributed by atoms with Gasteiger partial charge in [0.25, 0.3) is 0 Å². The number of Topliss-reactive ketones (excluding diaryl/α,β-unsaturated/α-hetero) is 2. The zero-order chi connectivity index (χ0) is 36.6. The van der Waals surface area contributed by atoms with Crippen molar-refractivity contribution < 1.29 is 29.1 Å². The topological polar surface area (TPSA) is 109 Å². The lowest BCUT2D eigenvalue weighted by Crippen LogP contribution is -2.58. The summed E-state index contributed by atoms with van der Waals surface area (Å²) in [6.45, 7) is 1.46. The molecule has 3 aliphatic carbocycles. The third-order valence-electron chi connectivity index (χ3n) is 12.2. The minimum absolute atomic E-state index is 0.0972. The average Bonchev–Trinajstić information content (AvgIpc) is 3.45. The highest BCUT2D eigenvalue weighted by molar-refractivity contribution is 6.32. The van der Waals surface area contributed by atoms with Gasteiger partial charge in [-0.2, -0.15) is 0 Å². The van der Waals surface area contributed by atoms with E-state index >= 15 is 9.59 Å². The van der Waals surface area contributed by atoms with Crippen LogP contribution >= 0.6 is 0 Å². The van der Waals surface area contributed by atoms with E-state index in [9.17, 15) is 19.5 Å². The molecule has 1 saturated heterocycles. The van der Waals surface area contributed by atoms with Crippen molar-refractivity contribution in [3.05, 3.63) is 161 Å². The number of nitrogens with zero attached hydrogens (tertiary/aromatic N) is 1. The van der Waals surface area contributed by atoms with Crippen molar-refractivity contribution in [2.45, 2.75) is 31.1 Å². The lowest BCUT2D eigenvalue weighted by atomic mass is 9.44. The number of amides is 2. The molecule has 2 fully saturated rings. The number of benzene rings is 5. The molecule has 53 heavy (non-hydrogen) atoms. The molecule has 1 saturated carbocycles. The molecule has 1 aliphatic heterocycles. The Morgan fingerprint density at radius 1 is 0.736 bits per heavy atom. The largest absolute Gasteiger partial charge is 0.507 e. The minimum atomic E-state index is -1.38. The number of allylic oxidation sites excluding steroid dienone is 4. The number of hydrogen-bond acceptors (Lipinski definition) is 6. The normalized spacial score (nSPS) is 26.4. The fourth-order valence-electron chi connectivity index (χ4n) is 9.88. The molecule has 0 aromatic heterocycles. The molecule has 7 heteroatoms. The van der Waals surface area contributed by atoms with E-state index in [0.717, 1.165) is 16.5 Å². The highest BCUT2D eigenvalue weighted by Gasteiger charge is 2.66. The lowest BCUT2D eigenvalue weighted by molar-refractivity contribution is -0.134. The van der Waals surface area contributed by atoms with Gasteiger partial charge in [0.1, 0.15) is 5.75 Å². The van der Waals surface area contributed by atoms with E-state index in [-0.39, 0.29) is 41.3 Å². The van der Waals surface area contributed by atoms with Gasteiger partial charge in [-0.1, -0.05) is 103 Å². The SMILES string of the molecule is CC(=O)c1ccc(N2C(=O)[C@H]3[C@H](CC=C4[C@H]3C[C@H]3C(=O)C(c5ccccc5)=CC(=O)[C@@]3(c3ccccc3)[C@H]4c3ccc(O)c4ccccc34)C2=O)cc1. The van der Waals surface area contributed by atoms with Gasteiger partial charge in [-0.25, -0.2) is 0 Å². The van der Waals surface area contributed by atoms with Crippen molar-refractivity contribution in [3.63, 3.8) is 0 Å². The summed E-state index contributed by atoms with van der Waals surface area (Å²) in [6, 6.07) is 36.2. The average molecular weight is 698 g/mol. The van der Waals surface area contributed by atoms with Crippen LogP contribution in [0.25, 0.3) is 16.3 Å². The van der Waals surface area contributed by atoms with Crippen molar-refractivity contribution in [2.75, 3.05) is 4.90 Å². The van der Waals surface area contributed by atoms with Crippen LogP contribution in [-0.4, -0.2) is 34.3 Å². The molecule has 0 radical (unpaired) electrons. The van der Waals surface area contributed by atoms with Crippen molar-refractivity contribution in [2.24, 2.45) is 23.7 Å². The maximum atomic E-state index is 15.3. The third kappa shape index (κ3) is 4.69. The molecule has 5 aromatic rings. The van der Waals surface area contributed by atoms with E-state index in [1.165, 1.54) is 17.9 Å². The summed E-state index contributed by atoms with van der Waals surface area (Å²) in [7, 11) is 0. The van der Waals surface area contributed by atoms with Crippen LogP contribution in [-0.2, 0) is 24.6 Å². The lowest BCUT2D eigenvalue weighted by Gasteiger charge is -2.55. The molecular formula is C46H35NO6. The van der Waals surface area contributed by atoms with Crippen molar-refractivity contribution in [1.29, 1.82) is 0 Å². The predicted molar refractivity (Wildman–Crippen MR) is 201 cm³/mol. The Hall–Kier alpha value is -6.21. The quantitative estimate of drug-likeness (QED) is 0.114. The van der Waals surface area contributed by atoms with Crippen LogP contribution in [0.3, 0.4) is 0 Å². The van der Waals surface area contributed by atoms with Gasteiger partial charge >= 0.3 is 0 Å². The number of carbonyl (C=O) groups is 5. The van der Waals surface area contributed by atoms with Gasteiger partial charge in [0, 0.05) is 28.4 Å². The second-order valence-electron chi connectivity index (χ2n) is 14.6. The van der Waals surface area contributed by atoms with Gasteiger partial charge in [-0.15, -0.1) is 0 Å². The highest BCUT2D eigenvalue weighted by atomic mass is 16.3. The second-order valence-corrected chi connectivity index (χ2v) is 14.6. The van der Waals surface area contributed by atoms with Gasteiger partial charge in [0.15, 0.2) is 17.3 Å². The van der Waals surface area contributed by atoms with Crippen LogP contribution in [0.4, 0.5) is 5.69 Å². The van der Waals surface area contributed by atoms with Crippen LogP contribution < -0.4 is 4.90 Å². The molecule has 260 valence electrons. The molecule has 9 rings (SSSR count). The van der Waals surface area contributed by atoms with Gasteiger partial charge in [0.2, 0.25) is 11.8 Å². The Bertz CT molecular complexity index is 2450. The summed E-state index contributed by atoms with van der Waals surface area (Å²) in [5.74, 6) is -4.57. The van der Waals surface area contributed by atoms with Crippen molar-refractivity contribution in [1.82, 2.24) is 0 Å². The summed E-state index contributed by atoms with van der Waals surface area (Å²) in [5, 5.41) is 12.4. The Morgan fingerprint density at radius 2 is 1.40 bits per heavy atom. The molecule has 0 unspecified atom stereocenters. The number of anilines is 1. The molecular weight excluding hydrogens is 663 g/mol. The van der Waals surface area contributed by atoms with Crippen molar-refractivity contribution in [3.8, 4) is 5.75 Å². The fourth-order valence-corrected chi connectivity index (χ4v) is 9.88. The summed E-state index contributed by atoms with van der Waals surface area (Å²) >= 11 is 0. The van der Waals surface area contributed by atoms with Crippen molar-refractivity contribution >= 4 is 51.2 Å². The molecule has 4 aliphatic rings. The van der Waals surface area contributed by atoms with Crippen LogP contribution in [0, 0.1) is 23.7 Å². The number of rotatable bonds is 5. The minimum Gasteiger partial charge on any atom is -0.507 e. The number of aromatic hydroxyl groups is 1. The second kappa shape index (κ2) is 12.2. The zero-order valence-corrected chi connectivity index (χ0v) is 28.9. The van der Waals surface area contributed by atoms with E-state index in [4.69, 9.17) is 0 Å². The smallest absolute Gasteiger partial charge is 0.238 e. The maximum Gasteiger partial charge on any atom is 0.238 e. The van der Waals surface area contributed by atoms with Gasteiger partial charge in [-0.05, 0) is 84.2 Å². The predicted octanol–water partition coefficient (Wildman–Crippen LogP) is 7.78. The Balaban J connectivity index is 1.28. The number of hydrogen-bond donors (Lipinski definition) is 1. The fraction of sp³-hybridized carbons (Fsp3) is 0.196. The first-order valence-electron chi connectivity index (χ1n) is 18.0. The zero-order valence-electron chi connectivity index (χ0n) is 28.9. The molecule has 0 spiro atoms. The Morgan fingerprint density at radius 3 is 2.09 bits per heavy atom. The number of fused-ring (bicyclic) bond motifs is 5. The molecule has 1 heterocycles. The third-order valence-corrected chi connectivity index (χ3v) is 12.2. The molecule has 1 N–H and O–H groups in total. The number of carbonyl (C=O) groups excluding carboxylic acids is 5. The molecule has 0 bridgehead atoms. The Kier molecular flexibility index (Phi) is 7.52. The first-order valence-corrected chi connectivity index (χ1v) is 18.0. The van der Waals surface area contributed by atoms with Crippen LogP contribution in [0.2, 0.25) is 0 Å².